The number of nitrogens with one attached hydrogen (secondary N) is 1. The second-order valence-corrected chi connectivity index (χ2v) is 4.12. The molecule has 0 radical (unpaired) electrons. The summed E-state index contributed by atoms with van der Waals surface area (Å²) in [7, 11) is 1.66. The Morgan fingerprint density at radius 3 is 3.11 bits per heavy atom. The van der Waals surface area contributed by atoms with E-state index in [4.69, 9.17) is 4.74 Å². The quantitative estimate of drug-likeness (QED) is 0.750. The summed E-state index contributed by atoms with van der Waals surface area (Å²) < 4.78 is 7.93. The Balaban J connectivity index is 2.00. The summed E-state index contributed by atoms with van der Waals surface area (Å²) in [5.74, 6) is 0. The van der Waals surface area contributed by atoms with Crippen LogP contribution in [0.2, 0.25) is 0 Å². The third-order valence-electron chi connectivity index (χ3n) is 2.62. The normalized spacial score (nSPS) is 13.0. The number of hydrogen-bond donors (Lipinski definition) is 1. The lowest BCUT2D eigenvalue weighted by molar-refractivity contribution is 0.171. The highest BCUT2D eigenvalue weighted by atomic mass is 16.5. The lowest BCUT2D eigenvalue weighted by Gasteiger charge is -2.11. The van der Waals surface area contributed by atoms with Gasteiger partial charge >= 0.3 is 5.69 Å². The van der Waals surface area contributed by atoms with Crippen molar-refractivity contribution in [1.29, 1.82) is 0 Å². The van der Waals surface area contributed by atoms with Crippen LogP contribution < -0.4 is 11.0 Å². The lowest BCUT2D eigenvalue weighted by Crippen LogP contribution is -2.34. The van der Waals surface area contributed by atoms with Crippen molar-refractivity contribution in [3.63, 3.8) is 0 Å². The van der Waals surface area contributed by atoms with Crippen LogP contribution in [-0.4, -0.2) is 45.5 Å². The number of nitrogens with zero attached hydrogens (tertiary/aromatic N) is 4. The zero-order valence-corrected chi connectivity index (χ0v) is 10.5. The number of ether oxygens (including phenoxy) is 1. The zero-order chi connectivity index (χ0) is 13.0. The van der Waals surface area contributed by atoms with Gasteiger partial charge in [0.1, 0.15) is 0 Å². The van der Waals surface area contributed by atoms with Crippen molar-refractivity contribution in [2.45, 2.75) is 19.5 Å². The fourth-order valence-corrected chi connectivity index (χ4v) is 1.75. The Kier molecular flexibility index (Phi) is 4.06. The van der Waals surface area contributed by atoms with Crippen molar-refractivity contribution in [3.05, 3.63) is 29.1 Å². The molecule has 0 aliphatic heterocycles. The summed E-state index contributed by atoms with van der Waals surface area (Å²) in [6.45, 7) is 3.86. The molecule has 2 aromatic rings. The number of aromatic nitrogens is 4. The van der Waals surface area contributed by atoms with E-state index in [0.717, 1.165) is 0 Å². The molecule has 0 fully saturated rings. The topological polar surface area (TPSA) is 73.4 Å². The van der Waals surface area contributed by atoms with E-state index in [1.54, 1.807) is 25.7 Å². The molecule has 2 aromatic heterocycles. The Labute approximate surface area is 104 Å². The smallest absolute Gasteiger partial charge is 0.350 e. The van der Waals surface area contributed by atoms with Crippen molar-refractivity contribution < 1.29 is 4.74 Å². The van der Waals surface area contributed by atoms with Crippen LogP contribution in [0.1, 0.15) is 6.92 Å². The van der Waals surface area contributed by atoms with Gasteiger partial charge in [-0.2, -0.15) is 0 Å². The van der Waals surface area contributed by atoms with Gasteiger partial charge in [0.05, 0.1) is 19.3 Å². The molecule has 1 unspecified atom stereocenters. The molecular formula is C11H17N5O2. The van der Waals surface area contributed by atoms with Crippen LogP contribution in [0.5, 0.6) is 0 Å². The minimum atomic E-state index is -0.145. The first-order chi connectivity index (χ1) is 8.72. The minimum absolute atomic E-state index is 0.145. The fourth-order valence-electron chi connectivity index (χ4n) is 1.75. The van der Waals surface area contributed by atoms with Crippen LogP contribution in [0.15, 0.2) is 23.4 Å². The maximum absolute atomic E-state index is 11.9. The first-order valence-corrected chi connectivity index (χ1v) is 5.84. The van der Waals surface area contributed by atoms with E-state index in [1.807, 2.05) is 6.92 Å². The van der Waals surface area contributed by atoms with E-state index in [1.165, 1.54) is 9.08 Å². The van der Waals surface area contributed by atoms with Crippen LogP contribution in [0, 0.1) is 0 Å². The first kappa shape index (κ1) is 12.7. The van der Waals surface area contributed by atoms with Gasteiger partial charge in [-0.15, -0.1) is 5.10 Å². The second kappa shape index (κ2) is 5.74. The number of hydrogen-bond acceptors (Lipinski definition) is 5. The van der Waals surface area contributed by atoms with Crippen molar-refractivity contribution >= 4 is 5.65 Å². The maximum Gasteiger partial charge on any atom is 0.350 e. The second-order valence-electron chi connectivity index (χ2n) is 4.12. The van der Waals surface area contributed by atoms with Crippen molar-refractivity contribution in [3.8, 4) is 0 Å². The summed E-state index contributed by atoms with van der Waals surface area (Å²) in [5, 5.41) is 7.44. The molecule has 98 valence electrons. The molecule has 0 bridgehead atoms. The molecule has 0 spiro atoms. The van der Waals surface area contributed by atoms with E-state index >= 15 is 0 Å². The molecule has 0 saturated heterocycles. The van der Waals surface area contributed by atoms with Gasteiger partial charge in [-0.05, 0) is 6.92 Å². The van der Waals surface area contributed by atoms with E-state index in [9.17, 15) is 4.79 Å². The Hall–Kier alpha value is -1.73. The van der Waals surface area contributed by atoms with Gasteiger partial charge in [0.15, 0.2) is 5.65 Å². The van der Waals surface area contributed by atoms with E-state index in [-0.39, 0.29) is 11.7 Å². The summed E-state index contributed by atoms with van der Waals surface area (Å²) in [6, 6.07) is 0.254. The summed E-state index contributed by atoms with van der Waals surface area (Å²) >= 11 is 0. The predicted octanol–water partition coefficient (Wildman–Crippen LogP) is -0.484. The molecule has 0 aliphatic carbocycles. The summed E-state index contributed by atoms with van der Waals surface area (Å²) in [4.78, 5) is 15.8. The predicted molar refractivity (Wildman–Crippen MR) is 66.6 cm³/mol. The lowest BCUT2D eigenvalue weighted by atomic mass is 10.3. The highest BCUT2D eigenvalue weighted by Gasteiger charge is 2.06. The van der Waals surface area contributed by atoms with Crippen LogP contribution >= 0.6 is 0 Å². The highest BCUT2D eigenvalue weighted by molar-refractivity contribution is 5.31. The third-order valence-corrected chi connectivity index (χ3v) is 2.62. The molecule has 7 nitrogen and oxygen atoms in total. The standard InChI is InChI=1S/C11H17N5O2/c1-9(8-18-2)13-4-6-16-11(17)15-5-3-12-7-10(15)14-16/h3,5,7,9,13H,4,6,8H2,1-2H3. The van der Waals surface area contributed by atoms with E-state index in [2.05, 4.69) is 15.4 Å². The molecule has 2 heterocycles. The van der Waals surface area contributed by atoms with Crippen molar-refractivity contribution in [1.82, 2.24) is 24.5 Å². The Morgan fingerprint density at radius 1 is 1.56 bits per heavy atom. The fraction of sp³-hybridized carbons (Fsp3) is 0.545. The molecule has 18 heavy (non-hydrogen) atoms. The number of fused-ring (bicyclic) bond motifs is 1. The van der Waals surface area contributed by atoms with Gasteiger partial charge in [0.2, 0.25) is 0 Å². The van der Waals surface area contributed by atoms with Gasteiger partial charge in [-0.25, -0.2) is 13.9 Å². The average molecular weight is 251 g/mol. The molecule has 1 atom stereocenters. The number of rotatable bonds is 6. The Morgan fingerprint density at radius 2 is 2.39 bits per heavy atom. The molecule has 1 N–H and O–H groups in total. The molecular weight excluding hydrogens is 234 g/mol. The monoisotopic (exact) mass is 251 g/mol. The maximum atomic E-state index is 11.9. The van der Waals surface area contributed by atoms with Gasteiger partial charge in [0, 0.05) is 32.1 Å². The van der Waals surface area contributed by atoms with Crippen LogP contribution in [-0.2, 0) is 11.3 Å². The number of methoxy groups -OCH3 is 1. The average Bonchev–Trinajstić information content (AvgIpc) is 2.68. The minimum Gasteiger partial charge on any atom is -0.383 e. The summed E-state index contributed by atoms with van der Waals surface area (Å²) in [6.07, 6.45) is 4.75. The molecule has 0 amide bonds. The largest absolute Gasteiger partial charge is 0.383 e. The third kappa shape index (κ3) is 2.74. The van der Waals surface area contributed by atoms with Gasteiger partial charge < -0.3 is 10.1 Å². The molecule has 0 saturated carbocycles. The first-order valence-electron chi connectivity index (χ1n) is 5.84. The zero-order valence-electron chi connectivity index (χ0n) is 10.5. The Bertz CT molecular complexity index is 562. The summed E-state index contributed by atoms with van der Waals surface area (Å²) in [5.41, 5.74) is 0.418. The molecule has 0 aliphatic rings. The molecule has 7 heteroatoms. The van der Waals surface area contributed by atoms with Crippen LogP contribution in [0.4, 0.5) is 0 Å². The van der Waals surface area contributed by atoms with Gasteiger partial charge in [-0.1, -0.05) is 0 Å². The van der Waals surface area contributed by atoms with E-state index < -0.39 is 0 Å². The molecule has 2 rings (SSSR count). The van der Waals surface area contributed by atoms with Crippen molar-refractivity contribution in [2.24, 2.45) is 0 Å². The van der Waals surface area contributed by atoms with Gasteiger partial charge in [0.25, 0.3) is 0 Å². The van der Waals surface area contributed by atoms with Gasteiger partial charge in [-0.3, -0.25) is 4.98 Å². The molecule has 0 aromatic carbocycles. The van der Waals surface area contributed by atoms with Crippen LogP contribution in [0.25, 0.3) is 5.65 Å². The van der Waals surface area contributed by atoms with Crippen LogP contribution in [0.3, 0.4) is 0 Å². The van der Waals surface area contributed by atoms with E-state index in [0.29, 0.717) is 25.3 Å². The SMILES string of the molecule is COCC(C)NCCn1nc2cnccn2c1=O. The highest BCUT2D eigenvalue weighted by Crippen LogP contribution is 1.91. The van der Waals surface area contributed by atoms with Crippen molar-refractivity contribution in [2.75, 3.05) is 20.3 Å².